The largest absolute Gasteiger partial charge is 0.455 e. The molecule has 1 spiro atoms. The number of benzene rings is 8. The molecule has 4 saturated carbocycles. The molecule has 1 heterocycles. The second-order valence-electron chi connectivity index (χ2n) is 19.6. The lowest BCUT2D eigenvalue weighted by Crippen LogP contribution is -2.55. The maximum atomic E-state index is 6.91. The first-order valence-electron chi connectivity index (χ1n) is 22.7. The van der Waals surface area contributed by atoms with Crippen LogP contribution in [0, 0.1) is 23.7 Å². The van der Waals surface area contributed by atoms with Crippen LogP contribution in [0.15, 0.2) is 168 Å². The van der Waals surface area contributed by atoms with Crippen molar-refractivity contribution in [2.24, 2.45) is 23.7 Å². The number of para-hydroxylation sites is 1. The van der Waals surface area contributed by atoms with Crippen LogP contribution in [-0.2, 0) is 10.8 Å². The molecule has 15 rings (SSSR count). The fourth-order valence-electron chi connectivity index (χ4n) is 14.4. The predicted octanol–water partition coefficient (Wildman–Crippen LogP) is 15.9. The van der Waals surface area contributed by atoms with Gasteiger partial charge in [0.1, 0.15) is 11.2 Å². The molecule has 294 valence electrons. The minimum Gasteiger partial charge on any atom is -0.455 e. The number of hydrogen-bond acceptors (Lipinski definition) is 2. The molecule has 1 aromatic heterocycles. The van der Waals surface area contributed by atoms with Crippen LogP contribution in [0.2, 0.25) is 0 Å². The molecule has 2 nitrogen and oxygen atoms in total. The molecule has 0 unspecified atom stereocenters. The van der Waals surface area contributed by atoms with Gasteiger partial charge in [-0.05, 0) is 148 Å². The van der Waals surface area contributed by atoms with Gasteiger partial charge in [0.15, 0.2) is 0 Å². The zero-order valence-corrected chi connectivity index (χ0v) is 34.8. The number of furan rings is 1. The minimum atomic E-state index is -0.159. The highest BCUT2D eigenvalue weighted by Crippen LogP contribution is 2.70. The molecule has 0 amide bonds. The van der Waals surface area contributed by atoms with Crippen molar-refractivity contribution in [1.29, 1.82) is 0 Å². The summed E-state index contributed by atoms with van der Waals surface area (Å²) in [6.07, 6.45) is 6.91. The summed E-state index contributed by atoms with van der Waals surface area (Å²) < 4.78 is 6.91. The Labute approximate surface area is 357 Å². The van der Waals surface area contributed by atoms with Crippen LogP contribution in [0.3, 0.4) is 0 Å². The number of anilines is 3. The summed E-state index contributed by atoms with van der Waals surface area (Å²) in [5.41, 5.74) is 19.4. The van der Waals surface area contributed by atoms with Gasteiger partial charge in [0, 0.05) is 32.9 Å². The topological polar surface area (TPSA) is 16.4 Å². The zero-order valence-electron chi connectivity index (χ0n) is 34.8. The SMILES string of the molecule is CC1(C)c2ccccc2-c2cccc(-c3ccccc3N(c3ccc4c(c3)C3(c5ccccc5-4)C4CC5CC(C4)CC3C5)c3cccc4oc5c6ccccc6ccc5c34)c21. The lowest BCUT2D eigenvalue weighted by Gasteiger charge is -2.61. The Hall–Kier alpha value is -6.38. The Morgan fingerprint density at radius 1 is 0.475 bits per heavy atom. The summed E-state index contributed by atoms with van der Waals surface area (Å²) in [4.78, 5) is 2.60. The van der Waals surface area contributed by atoms with Crippen molar-refractivity contribution in [2.45, 2.75) is 56.8 Å². The van der Waals surface area contributed by atoms with E-state index in [-0.39, 0.29) is 10.8 Å². The van der Waals surface area contributed by atoms with Crippen molar-refractivity contribution in [3.63, 3.8) is 0 Å². The average Bonchev–Trinajstić information content (AvgIpc) is 3.90. The van der Waals surface area contributed by atoms with E-state index in [1.54, 1.807) is 11.1 Å². The molecular weight excluding hydrogens is 739 g/mol. The number of hydrogen-bond donors (Lipinski definition) is 0. The van der Waals surface area contributed by atoms with Crippen molar-refractivity contribution < 1.29 is 4.42 Å². The molecule has 9 aromatic rings. The van der Waals surface area contributed by atoms with Gasteiger partial charge in [0.05, 0.1) is 16.8 Å². The van der Waals surface area contributed by atoms with Crippen LogP contribution in [0.4, 0.5) is 17.1 Å². The highest BCUT2D eigenvalue weighted by molar-refractivity contribution is 6.20. The fourth-order valence-corrected chi connectivity index (χ4v) is 14.4. The maximum Gasteiger partial charge on any atom is 0.143 e. The molecular formula is C59H47NO. The summed E-state index contributed by atoms with van der Waals surface area (Å²) >= 11 is 0. The summed E-state index contributed by atoms with van der Waals surface area (Å²) in [6, 6.07) is 62.1. The minimum absolute atomic E-state index is 0.0594. The van der Waals surface area contributed by atoms with Crippen LogP contribution in [0.1, 0.15) is 68.2 Å². The molecule has 0 atom stereocenters. The summed E-state index contributed by atoms with van der Waals surface area (Å²) in [5.74, 6) is 3.16. The summed E-state index contributed by atoms with van der Waals surface area (Å²) in [6.45, 7) is 4.82. The van der Waals surface area contributed by atoms with Crippen molar-refractivity contribution in [3.05, 3.63) is 186 Å². The lowest BCUT2D eigenvalue weighted by molar-refractivity contribution is -0.0399. The first-order chi connectivity index (χ1) is 30.0. The van der Waals surface area contributed by atoms with E-state index in [4.69, 9.17) is 4.42 Å². The second kappa shape index (κ2) is 12.1. The van der Waals surface area contributed by atoms with Crippen molar-refractivity contribution in [3.8, 4) is 33.4 Å². The van der Waals surface area contributed by atoms with Gasteiger partial charge in [-0.3, -0.25) is 0 Å². The highest BCUT2D eigenvalue weighted by Gasteiger charge is 2.61. The van der Waals surface area contributed by atoms with Gasteiger partial charge < -0.3 is 9.32 Å². The molecule has 0 saturated heterocycles. The zero-order chi connectivity index (χ0) is 40.2. The van der Waals surface area contributed by atoms with E-state index in [0.29, 0.717) is 11.8 Å². The van der Waals surface area contributed by atoms with E-state index < -0.39 is 0 Å². The van der Waals surface area contributed by atoms with Crippen molar-refractivity contribution >= 4 is 49.8 Å². The normalized spacial score (nSPS) is 23.4. The van der Waals surface area contributed by atoms with Gasteiger partial charge in [-0.15, -0.1) is 0 Å². The van der Waals surface area contributed by atoms with E-state index in [1.165, 1.54) is 93.4 Å². The van der Waals surface area contributed by atoms with Crippen molar-refractivity contribution in [1.82, 2.24) is 0 Å². The Kier molecular flexibility index (Phi) is 6.83. The number of rotatable bonds is 4. The van der Waals surface area contributed by atoms with Gasteiger partial charge in [-0.2, -0.15) is 0 Å². The molecule has 4 bridgehead atoms. The smallest absolute Gasteiger partial charge is 0.143 e. The molecule has 4 fully saturated rings. The standard InChI is InChI=1S/C59H47NO/c1-58(2)49-20-8-5-16-43(49)46-18-11-19-47(56(46)58)45-17-7-10-22-52(45)60(53-23-12-24-54-55(53)48-27-25-37-13-3-4-14-41(37)57(48)61-54)40-26-28-44-42-15-6-9-21-50(42)59(51(44)34-40)38-30-35-29-36(32-38)33-39(59)31-35/h3-28,34-36,38-39H,29-33H2,1-2H3. The van der Waals surface area contributed by atoms with Crippen LogP contribution >= 0.6 is 0 Å². The maximum absolute atomic E-state index is 6.91. The van der Waals surface area contributed by atoms with Crippen LogP contribution in [0.5, 0.6) is 0 Å². The van der Waals surface area contributed by atoms with E-state index in [1.807, 2.05) is 0 Å². The van der Waals surface area contributed by atoms with Crippen LogP contribution in [-0.4, -0.2) is 0 Å². The Bertz CT molecular complexity index is 3300. The first kappa shape index (κ1) is 34.3. The highest BCUT2D eigenvalue weighted by atomic mass is 16.3. The van der Waals surface area contributed by atoms with Crippen LogP contribution < -0.4 is 4.90 Å². The van der Waals surface area contributed by atoms with E-state index in [9.17, 15) is 0 Å². The van der Waals surface area contributed by atoms with Gasteiger partial charge in [-0.25, -0.2) is 0 Å². The first-order valence-corrected chi connectivity index (χ1v) is 22.7. The molecule has 0 N–H and O–H groups in total. The monoisotopic (exact) mass is 785 g/mol. The van der Waals surface area contributed by atoms with E-state index in [0.717, 1.165) is 44.8 Å². The Morgan fingerprint density at radius 3 is 1.89 bits per heavy atom. The number of nitrogens with zero attached hydrogens (tertiary/aromatic N) is 1. The van der Waals surface area contributed by atoms with Gasteiger partial charge in [0.2, 0.25) is 0 Å². The molecule has 0 aliphatic heterocycles. The molecule has 6 aliphatic rings. The average molecular weight is 786 g/mol. The lowest BCUT2D eigenvalue weighted by atomic mass is 9.43. The van der Waals surface area contributed by atoms with Gasteiger partial charge >= 0.3 is 0 Å². The van der Waals surface area contributed by atoms with E-state index >= 15 is 0 Å². The number of fused-ring (bicyclic) bond motifs is 11. The molecule has 0 radical (unpaired) electrons. The quantitative estimate of drug-likeness (QED) is 0.177. The second-order valence-corrected chi connectivity index (χ2v) is 19.6. The predicted molar refractivity (Wildman–Crippen MR) is 252 cm³/mol. The van der Waals surface area contributed by atoms with Gasteiger partial charge in [0.25, 0.3) is 0 Å². The molecule has 6 aliphatic carbocycles. The molecule has 61 heavy (non-hydrogen) atoms. The van der Waals surface area contributed by atoms with Crippen LogP contribution in [0.25, 0.3) is 66.1 Å². The van der Waals surface area contributed by atoms with Crippen molar-refractivity contribution in [2.75, 3.05) is 4.90 Å². The summed E-state index contributed by atoms with van der Waals surface area (Å²) in [7, 11) is 0. The summed E-state index contributed by atoms with van der Waals surface area (Å²) in [5, 5.41) is 4.64. The Morgan fingerprint density at radius 2 is 1.08 bits per heavy atom. The third kappa shape index (κ3) is 4.43. The third-order valence-corrected chi connectivity index (χ3v) is 16.4. The Balaban J connectivity index is 1.06. The fraction of sp³-hybridized carbons (Fsp3) is 0.220. The third-order valence-electron chi connectivity index (χ3n) is 16.4. The molecule has 2 heteroatoms. The molecule has 8 aromatic carbocycles. The van der Waals surface area contributed by atoms with Gasteiger partial charge in [-0.1, -0.05) is 141 Å². The van der Waals surface area contributed by atoms with E-state index in [2.05, 4.69) is 183 Å².